The SMILES string of the molecule is CC1(C)OC(=O)c2ccc(Nc3ncc(C(=O)NNC(=O)c4ccccn4)c(NC(CO)c4ccccc4)n3)cc21. The molecule has 41 heavy (non-hydrogen) atoms. The molecule has 2 aromatic carbocycles. The number of hydrogen-bond donors (Lipinski definition) is 5. The largest absolute Gasteiger partial charge is 0.451 e. The van der Waals surface area contributed by atoms with Crippen LogP contribution in [0, 0.1) is 0 Å². The highest BCUT2D eigenvalue weighted by molar-refractivity contribution is 6.01. The molecule has 5 rings (SSSR count). The Kier molecular flexibility index (Phi) is 7.57. The summed E-state index contributed by atoms with van der Waals surface area (Å²) in [6.45, 7) is 3.32. The van der Waals surface area contributed by atoms with E-state index in [1.165, 1.54) is 18.5 Å². The number of aliphatic hydroxyl groups excluding tert-OH is 1. The van der Waals surface area contributed by atoms with Crippen molar-refractivity contribution in [3.8, 4) is 0 Å². The number of ether oxygens (including phenoxy) is 1. The fourth-order valence-corrected chi connectivity index (χ4v) is 4.31. The Balaban J connectivity index is 1.42. The van der Waals surface area contributed by atoms with Crippen molar-refractivity contribution in [2.24, 2.45) is 0 Å². The topological polar surface area (TPSA) is 167 Å². The van der Waals surface area contributed by atoms with Gasteiger partial charge in [0.1, 0.15) is 22.7 Å². The summed E-state index contributed by atoms with van der Waals surface area (Å²) >= 11 is 0. The molecule has 1 aliphatic heterocycles. The summed E-state index contributed by atoms with van der Waals surface area (Å²) in [5.74, 6) is -1.43. The van der Waals surface area contributed by atoms with Gasteiger partial charge in [-0.1, -0.05) is 36.4 Å². The van der Waals surface area contributed by atoms with E-state index < -0.39 is 23.5 Å². The zero-order valence-corrected chi connectivity index (χ0v) is 22.2. The maximum atomic E-state index is 13.1. The highest BCUT2D eigenvalue weighted by atomic mass is 16.6. The number of cyclic esters (lactones) is 1. The number of carbonyl (C=O) groups excluding carboxylic acids is 3. The van der Waals surface area contributed by atoms with Crippen LogP contribution >= 0.6 is 0 Å². The number of pyridine rings is 1. The van der Waals surface area contributed by atoms with Crippen LogP contribution in [-0.4, -0.2) is 44.4 Å². The van der Waals surface area contributed by atoms with Crippen molar-refractivity contribution >= 4 is 35.2 Å². The van der Waals surface area contributed by atoms with Gasteiger partial charge in [-0.05, 0) is 49.7 Å². The van der Waals surface area contributed by atoms with Crippen LogP contribution in [0.1, 0.15) is 62.2 Å². The molecule has 2 amide bonds. The molecule has 12 nitrogen and oxygen atoms in total. The number of benzene rings is 2. The van der Waals surface area contributed by atoms with Gasteiger partial charge in [0.25, 0.3) is 11.8 Å². The van der Waals surface area contributed by atoms with Gasteiger partial charge in [0, 0.05) is 23.6 Å². The second kappa shape index (κ2) is 11.4. The van der Waals surface area contributed by atoms with E-state index in [-0.39, 0.29) is 35.6 Å². The second-order valence-corrected chi connectivity index (χ2v) is 9.65. The van der Waals surface area contributed by atoms with Crippen LogP contribution in [0.5, 0.6) is 0 Å². The number of hydrogen-bond acceptors (Lipinski definition) is 10. The molecule has 1 unspecified atom stereocenters. The van der Waals surface area contributed by atoms with E-state index in [2.05, 4.69) is 36.4 Å². The monoisotopic (exact) mass is 553 g/mol. The minimum absolute atomic E-state index is 0.0142. The van der Waals surface area contributed by atoms with Gasteiger partial charge in [0.05, 0.1) is 18.2 Å². The summed E-state index contributed by atoms with van der Waals surface area (Å²) in [6, 6.07) is 18.5. The van der Waals surface area contributed by atoms with Gasteiger partial charge in [0.15, 0.2) is 0 Å². The molecule has 0 aliphatic carbocycles. The lowest BCUT2D eigenvalue weighted by molar-refractivity contribution is 0.00952. The molecule has 208 valence electrons. The molecule has 0 bridgehead atoms. The lowest BCUT2D eigenvalue weighted by Crippen LogP contribution is -2.42. The standard InChI is InChI=1S/C29H27N7O5/c1-29(2)21-14-18(11-12-19(21)27(40)41-29)32-28-31-15-20(25(38)35-36-26(39)22-10-6-7-13-30-22)24(34-28)33-23(16-37)17-8-4-3-5-9-17/h3-15,23,37H,16H2,1-2H3,(H,35,38)(H,36,39)(H2,31,32,33,34). The Morgan fingerprint density at radius 2 is 1.73 bits per heavy atom. The molecule has 0 spiro atoms. The normalized spacial score (nSPS) is 13.9. The van der Waals surface area contributed by atoms with E-state index in [4.69, 9.17) is 4.74 Å². The summed E-state index contributed by atoms with van der Waals surface area (Å²) in [4.78, 5) is 50.4. The molecule has 1 atom stereocenters. The van der Waals surface area contributed by atoms with Crippen molar-refractivity contribution in [1.29, 1.82) is 0 Å². The van der Waals surface area contributed by atoms with Crippen molar-refractivity contribution in [2.75, 3.05) is 17.2 Å². The first-order valence-electron chi connectivity index (χ1n) is 12.7. The molecule has 1 aliphatic rings. The first-order chi connectivity index (χ1) is 19.7. The third-order valence-electron chi connectivity index (χ3n) is 6.41. The zero-order valence-electron chi connectivity index (χ0n) is 22.2. The molecule has 0 fully saturated rings. The maximum Gasteiger partial charge on any atom is 0.339 e. The van der Waals surface area contributed by atoms with Crippen LogP contribution in [0.4, 0.5) is 17.5 Å². The molecular weight excluding hydrogens is 526 g/mol. The molecule has 0 radical (unpaired) electrons. The zero-order chi connectivity index (χ0) is 29.0. The Morgan fingerprint density at radius 3 is 2.46 bits per heavy atom. The van der Waals surface area contributed by atoms with E-state index in [1.807, 2.05) is 30.3 Å². The number of amides is 2. The molecular formula is C29H27N7O5. The smallest absolute Gasteiger partial charge is 0.339 e. The van der Waals surface area contributed by atoms with Gasteiger partial charge < -0.3 is 20.5 Å². The Labute approximate surface area is 235 Å². The molecule has 12 heteroatoms. The van der Waals surface area contributed by atoms with E-state index in [0.717, 1.165) is 11.1 Å². The lowest BCUT2D eigenvalue weighted by atomic mass is 9.95. The maximum absolute atomic E-state index is 13.1. The Bertz CT molecular complexity index is 1600. The fraction of sp³-hybridized carbons (Fsp3) is 0.172. The van der Waals surface area contributed by atoms with Crippen molar-refractivity contribution in [3.63, 3.8) is 0 Å². The number of esters is 1. The van der Waals surface area contributed by atoms with E-state index >= 15 is 0 Å². The van der Waals surface area contributed by atoms with Crippen LogP contribution < -0.4 is 21.5 Å². The number of nitrogens with one attached hydrogen (secondary N) is 4. The van der Waals surface area contributed by atoms with E-state index in [1.54, 1.807) is 44.2 Å². The highest BCUT2D eigenvalue weighted by Gasteiger charge is 2.37. The predicted octanol–water partition coefficient (Wildman–Crippen LogP) is 3.24. The van der Waals surface area contributed by atoms with Crippen molar-refractivity contribution in [1.82, 2.24) is 25.8 Å². The van der Waals surface area contributed by atoms with Crippen LogP contribution in [0.3, 0.4) is 0 Å². The van der Waals surface area contributed by atoms with Gasteiger partial charge >= 0.3 is 5.97 Å². The summed E-state index contributed by atoms with van der Waals surface area (Å²) in [7, 11) is 0. The van der Waals surface area contributed by atoms with Crippen molar-refractivity contribution in [3.05, 3.63) is 107 Å². The quantitative estimate of drug-likeness (QED) is 0.161. The predicted molar refractivity (Wildman–Crippen MR) is 149 cm³/mol. The van der Waals surface area contributed by atoms with Gasteiger partial charge in [-0.15, -0.1) is 0 Å². The number of rotatable bonds is 8. The van der Waals surface area contributed by atoms with E-state index in [0.29, 0.717) is 11.3 Å². The number of aliphatic hydroxyl groups is 1. The molecule has 0 saturated heterocycles. The van der Waals surface area contributed by atoms with Gasteiger partial charge in [0.2, 0.25) is 5.95 Å². The summed E-state index contributed by atoms with van der Waals surface area (Å²) < 4.78 is 5.44. The minimum atomic E-state index is -0.788. The number of nitrogens with zero attached hydrogens (tertiary/aromatic N) is 3. The fourth-order valence-electron chi connectivity index (χ4n) is 4.31. The third kappa shape index (κ3) is 5.97. The average Bonchev–Trinajstić information content (AvgIpc) is 3.22. The Morgan fingerprint density at radius 1 is 0.976 bits per heavy atom. The number of aromatic nitrogens is 3. The minimum Gasteiger partial charge on any atom is -0.451 e. The molecule has 5 N–H and O–H groups in total. The first kappa shape index (κ1) is 27.2. The second-order valence-electron chi connectivity index (χ2n) is 9.65. The van der Waals surface area contributed by atoms with E-state index in [9.17, 15) is 19.5 Å². The highest BCUT2D eigenvalue weighted by Crippen LogP contribution is 2.37. The number of carbonyl (C=O) groups is 3. The molecule has 0 saturated carbocycles. The third-order valence-corrected chi connectivity index (χ3v) is 6.41. The number of fused-ring (bicyclic) bond motifs is 1. The lowest BCUT2D eigenvalue weighted by Gasteiger charge is -2.20. The van der Waals surface area contributed by atoms with Crippen LogP contribution in [0.25, 0.3) is 0 Å². The number of anilines is 3. The molecule has 2 aromatic heterocycles. The van der Waals surface area contributed by atoms with Crippen LogP contribution in [-0.2, 0) is 10.3 Å². The average molecular weight is 554 g/mol. The van der Waals surface area contributed by atoms with Crippen LogP contribution in [0.15, 0.2) is 79.1 Å². The van der Waals surface area contributed by atoms with Crippen molar-refractivity contribution < 1.29 is 24.2 Å². The van der Waals surface area contributed by atoms with Crippen LogP contribution in [0.2, 0.25) is 0 Å². The van der Waals surface area contributed by atoms with Gasteiger partial charge in [-0.2, -0.15) is 4.98 Å². The van der Waals surface area contributed by atoms with Crippen molar-refractivity contribution in [2.45, 2.75) is 25.5 Å². The number of hydrazine groups is 1. The van der Waals surface area contributed by atoms with Gasteiger partial charge in [-0.3, -0.25) is 25.4 Å². The summed E-state index contributed by atoms with van der Waals surface area (Å²) in [6.07, 6.45) is 2.76. The molecule has 3 heterocycles. The summed E-state index contributed by atoms with van der Waals surface area (Å²) in [5, 5.41) is 16.3. The Hall–Kier alpha value is -5.36. The first-order valence-corrected chi connectivity index (χ1v) is 12.7. The molecule has 4 aromatic rings. The van der Waals surface area contributed by atoms with Gasteiger partial charge in [-0.25, -0.2) is 9.78 Å². The summed E-state index contributed by atoms with van der Waals surface area (Å²) in [5.41, 5.74) is 6.59.